The molecule has 0 radical (unpaired) electrons. The summed E-state index contributed by atoms with van der Waals surface area (Å²) in [4.78, 5) is 3.71. The monoisotopic (exact) mass is 279 g/mol. The highest BCUT2D eigenvalue weighted by Crippen LogP contribution is 2.31. The van der Waals surface area contributed by atoms with Gasteiger partial charge >= 0.3 is 0 Å². The molecule has 2 rings (SSSR count). The molecule has 64 valence electrons. The summed E-state index contributed by atoms with van der Waals surface area (Å²) in [6, 6.07) is 0. The molecule has 0 unspecified atom stereocenters. The molecule has 2 nitrogen and oxygen atoms in total. The van der Waals surface area contributed by atoms with Crippen LogP contribution in [0.25, 0.3) is 0 Å². The normalized spacial score (nSPS) is 16.2. The minimum Gasteiger partial charge on any atom is -0.486 e. The highest BCUT2D eigenvalue weighted by molar-refractivity contribution is 14.1. The van der Waals surface area contributed by atoms with Gasteiger partial charge in [-0.1, -0.05) is 0 Å². The summed E-state index contributed by atoms with van der Waals surface area (Å²) in [5.41, 5.74) is 0. The second-order valence-electron chi connectivity index (χ2n) is 2.75. The fourth-order valence-corrected chi connectivity index (χ4v) is 1.41. The Morgan fingerprint density at radius 2 is 2.25 bits per heavy atom. The second kappa shape index (κ2) is 3.16. The first kappa shape index (κ1) is 8.22. The van der Waals surface area contributed by atoms with Gasteiger partial charge in [0.05, 0.1) is 15.9 Å². The summed E-state index contributed by atoms with van der Waals surface area (Å²) in [7, 11) is 0. The Hall–Kier alpha value is -0.390. The van der Waals surface area contributed by atoms with Crippen LogP contribution >= 0.6 is 22.6 Å². The topological polar surface area (TPSA) is 22.1 Å². The van der Waals surface area contributed by atoms with Crippen molar-refractivity contribution >= 4 is 22.6 Å². The minimum absolute atomic E-state index is 0.232. The average molecular weight is 279 g/mol. The van der Waals surface area contributed by atoms with Gasteiger partial charge in [-0.15, -0.1) is 0 Å². The van der Waals surface area contributed by atoms with Crippen LogP contribution in [0.1, 0.15) is 12.8 Å². The smallest absolute Gasteiger partial charge is 0.184 e. The molecule has 1 aliphatic carbocycles. The summed E-state index contributed by atoms with van der Waals surface area (Å²) in [6.45, 7) is 0. The van der Waals surface area contributed by atoms with Gasteiger partial charge in [-0.05, 0) is 35.4 Å². The zero-order valence-electron chi connectivity index (χ0n) is 6.26. The third-order valence-corrected chi connectivity index (χ3v) is 2.39. The van der Waals surface area contributed by atoms with Crippen molar-refractivity contribution in [3.63, 3.8) is 0 Å². The van der Waals surface area contributed by atoms with Crippen molar-refractivity contribution in [3.8, 4) is 5.75 Å². The molecule has 0 saturated heterocycles. The second-order valence-corrected chi connectivity index (χ2v) is 3.91. The van der Waals surface area contributed by atoms with Crippen molar-refractivity contribution in [2.45, 2.75) is 18.9 Å². The van der Waals surface area contributed by atoms with E-state index in [0.717, 1.165) is 16.4 Å². The van der Waals surface area contributed by atoms with Crippen LogP contribution in [0.15, 0.2) is 12.4 Å². The van der Waals surface area contributed by atoms with E-state index in [0.29, 0.717) is 5.75 Å². The van der Waals surface area contributed by atoms with Crippen molar-refractivity contribution in [3.05, 3.63) is 21.8 Å². The van der Waals surface area contributed by atoms with Crippen LogP contribution < -0.4 is 4.74 Å². The molecule has 1 heterocycles. The summed E-state index contributed by atoms with van der Waals surface area (Å²) in [5.74, 6) is -0.0121. The number of halogens is 2. The van der Waals surface area contributed by atoms with Gasteiger partial charge in [-0.3, -0.25) is 4.98 Å². The van der Waals surface area contributed by atoms with Crippen LogP contribution in [0, 0.1) is 9.39 Å². The maximum Gasteiger partial charge on any atom is 0.184 e. The molecule has 0 amide bonds. The molecule has 12 heavy (non-hydrogen) atoms. The molecule has 0 N–H and O–H groups in total. The van der Waals surface area contributed by atoms with E-state index in [4.69, 9.17) is 4.74 Å². The largest absolute Gasteiger partial charge is 0.486 e. The van der Waals surface area contributed by atoms with Crippen LogP contribution in [0.4, 0.5) is 4.39 Å². The number of nitrogens with zero attached hydrogens (tertiary/aromatic N) is 1. The lowest BCUT2D eigenvalue weighted by Crippen LogP contribution is -2.00. The molecule has 1 aliphatic rings. The van der Waals surface area contributed by atoms with E-state index in [9.17, 15) is 4.39 Å². The van der Waals surface area contributed by atoms with Crippen LogP contribution in [0.3, 0.4) is 0 Å². The quantitative estimate of drug-likeness (QED) is 0.775. The van der Waals surface area contributed by atoms with E-state index in [-0.39, 0.29) is 11.9 Å². The van der Waals surface area contributed by atoms with Crippen LogP contribution in [0.2, 0.25) is 0 Å². The third-order valence-electron chi connectivity index (χ3n) is 1.62. The van der Waals surface area contributed by atoms with Crippen molar-refractivity contribution in [1.82, 2.24) is 4.98 Å². The Morgan fingerprint density at radius 3 is 2.83 bits per heavy atom. The van der Waals surface area contributed by atoms with Gasteiger partial charge in [-0.25, -0.2) is 4.39 Å². The first-order valence-electron chi connectivity index (χ1n) is 3.73. The summed E-state index contributed by atoms with van der Waals surface area (Å²) < 4.78 is 19.1. The van der Waals surface area contributed by atoms with E-state index in [1.165, 1.54) is 6.20 Å². The Balaban J connectivity index is 2.26. The molecular weight excluding hydrogens is 272 g/mol. The molecule has 0 aromatic carbocycles. The van der Waals surface area contributed by atoms with E-state index in [1.54, 1.807) is 6.20 Å². The molecule has 1 aromatic rings. The van der Waals surface area contributed by atoms with Gasteiger partial charge in [0.1, 0.15) is 0 Å². The molecule has 1 aromatic heterocycles. The fraction of sp³-hybridized carbons (Fsp3) is 0.375. The lowest BCUT2D eigenvalue weighted by Gasteiger charge is -2.06. The molecule has 0 atom stereocenters. The Kier molecular flexibility index (Phi) is 2.16. The number of pyridine rings is 1. The number of aromatic nitrogens is 1. The lowest BCUT2D eigenvalue weighted by atomic mass is 10.4. The van der Waals surface area contributed by atoms with E-state index in [2.05, 4.69) is 4.98 Å². The number of hydrogen-bond acceptors (Lipinski definition) is 2. The number of ether oxygens (including phenoxy) is 1. The molecule has 1 saturated carbocycles. The van der Waals surface area contributed by atoms with Crippen LogP contribution in [-0.4, -0.2) is 11.1 Å². The Bertz CT molecular complexity index is 281. The molecule has 0 bridgehead atoms. The van der Waals surface area contributed by atoms with Gasteiger partial charge in [-0.2, -0.15) is 0 Å². The standard InChI is InChI=1S/C8H7FINO/c9-6-3-11-4-7(10)8(6)12-5-1-2-5/h3-5H,1-2H2. The Morgan fingerprint density at radius 1 is 1.50 bits per heavy atom. The lowest BCUT2D eigenvalue weighted by molar-refractivity contribution is 0.284. The van der Waals surface area contributed by atoms with Gasteiger partial charge in [0.15, 0.2) is 11.6 Å². The Labute approximate surface area is 83.3 Å². The summed E-state index contributed by atoms with van der Waals surface area (Å²) >= 11 is 2.02. The first-order valence-corrected chi connectivity index (χ1v) is 4.81. The SMILES string of the molecule is Fc1cncc(I)c1OC1CC1. The maximum absolute atomic E-state index is 13.0. The van der Waals surface area contributed by atoms with E-state index < -0.39 is 0 Å². The predicted molar refractivity (Wildman–Crippen MR) is 50.6 cm³/mol. The van der Waals surface area contributed by atoms with Gasteiger partial charge < -0.3 is 4.74 Å². The van der Waals surface area contributed by atoms with Gasteiger partial charge in [0.25, 0.3) is 0 Å². The number of rotatable bonds is 2. The van der Waals surface area contributed by atoms with E-state index >= 15 is 0 Å². The van der Waals surface area contributed by atoms with Gasteiger partial charge in [0.2, 0.25) is 0 Å². The summed E-state index contributed by atoms with van der Waals surface area (Å²) in [6.07, 6.45) is 5.09. The average Bonchev–Trinajstić information content (AvgIpc) is 2.80. The van der Waals surface area contributed by atoms with Crippen LogP contribution in [0.5, 0.6) is 5.75 Å². The maximum atomic E-state index is 13.0. The molecule has 4 heteroatoms. The molecule has 0 spiro atoms. The van der Waals surface area contributed by atoms with E-state index in [1.807, 2.05) is 22.6 Å². The van der Waals surface area contributed by atoms with Crippen molar-refractivity contribution in [1.29, 1.82) is 0 Å². The number of hydrogen-bond donors (Lipinski definition) is 0. The van der Waals surface area contributed by atoms with Crippen molar-refractivity contribution in [2.24, 2.45) is 0 Å². The van der Waals surface area contributed by atoms with Crippen LogP contribution in [-0.2, 0) is 0 Å². The highest BCUT2D eigenvalue weighted by atomic mass is 127. The third kappa shape index (κ3) is 1.68. The first-order chi connectivity index (χ1) is 5.77. The van der Waals surface area contributed by atoms with Crippen molar-refractivity contribution in [2.75, 3.05) is 0 Å². The molecule has 0 aliphatic heterocycles. The molecule has 1 fully saturated rings. The highest BCUT2D eigenvalue weighted by Gasteiger charge is 2.25. The summed E-state index contributed by atoms with van der Waals surface area (Å²) in [5, 5.41) is 0. The fourth-order valence-electron chi connectivity index (χ4n) is 0.865. The zero-order valence-corrected chi connectivity index (χ0v) is 8.42. The predicted octanol–water partition coefficient (Wildman–Crippen LogP) is 2.37. The minimum atomic E-state index is -0.367. The molecular formula is C8H7FINO. The zero-order chi connectivity index (χ0) is 8.55. The van der Waals surface area contributed by atoms with Gasteiger partial charge in [0, 0.05) is 6.20 Å². The van der Waals surface area contributed by atoms with Crippen molar-refractivity contribution < 1.29 is 9.13 Å².